The second-order valence-electron chi connectivity index (χ2n) is 8.77. The summed E-state index contributed by atoms with van der Waals surface area (Å²) in [5.74, 6) is 0.767. The fourth-order valence-electron chi connectivity index (χ4n) is 4.86. The van der Waals surface area contributed by atoms with E-state index in [0.717, 1.165) is 24.7 Å². The van der Waals surface area contributed by atoms with E-state index in [0.29, 0.717) is 6.04 Å². The molecule has 4 rings (SSSR count). The van der Waals surface area contributed by atoms with Crippen molar-refractivity contribution in [2.24, 2.45) is 7.05 Å². The van der Waals surface area contributed by atoms with E-state index in [9.17, 15) is 0 Å². The Kier molecular flexibility index (Phi) is 5.65. The van der Waals surface area contributed by atoms with Gasteiger partial charge in [-0.3, -0.25) is 9.58 Å². The molecule has 1 saturated carbocycles. The maximum absolute atomic E-state index is 4.80. The smallest absolute Gasteiger partial charge is 0.0968 e. The molecule has 0 radical (unpaired) electrons. The summed E-state index contributed by atoms with van der Waals surface area (Å²) in [4.78, 5) is 4.93. The molecule has 1 saturated heterocycles. The van der Waals surface area contributed by atoms with Crippen LogP contribution in [0.15, 0.2) is 30.5 Å². The highest BCUT2D eigenvalue weighted by atomic mass is 15.3. The first kappa shape index (κ1) is 18.7. The Morgan fingerprint density at radius 2 is 1.78 bits per heavy atom. The molecule has 146 valence electrons. The zero-order valence-electron chi connectivity index (χ0n) is 17.2. The normalized spacial score (nSPS) is 22.0. The monoisotopic (exact) mass is 366 g/mol. The number of aromatic nitrogens is 2. The Hall–Kier alpha value is -1.65. The lowest BCUT2D eigenvalue weighted by Crippen LogP contribution is -2.31. The highest BCUT2D eigenvalue weighted by Crippen LogP contribution is 2.34. The molecule has 0 spiro atoms. The van der Waals surface area contributed by atoms with Gasteiger partial charge in [0.15, 0.2) is 0 Å². The number of hydrogen-bond acceptors (Lipinski definition) is 3. The Balaban J connectivity index is 1.49. The number of likely N-dealkylation sites (tertiary alicyclic amines) is 1. The van der Waals surface area contributed by atoms with Crippen LogP contribution in [0.1, 0.15) is 55.6 Å². The quantitative estimate of drug-likeness (QED) is 0.790. The first-order valence-corrected chi connectivity index (χ1v) is 10.6. The van der Waals surface area contributed by atoms with Crippen molar-refractivity contribution in [3.63, 3.8) is 0 Å². The molecule has 27 heavy (non-hydrogen) atoms. The summed E-state index contributed by atoms with van der Waals surface area (Å²) in [6, 6.07) is 9.97. The van der Waals surface area contributed by atoms with E-state index in [2.05, 4.69) is 54.4 Å². The summed E-state index contributed by atoms with van der Waals surface area (Å²) >= 11 is 0. The number of benzene rings is 1. The minimum atomic E-state index is 0.680. The van der Waals surface area contributed by atoms with Crippen LogP contribution in [-0.4, -0.2) is 52.8 Å². The van der Waals surface area contributed by atoms with Gasteiger partial charge in [0, 0.05) is 50.0 Å². The summed E-state index contributed by atoms with van der Waals surface area (Å²) in [7, 11) is 6.42. The Morgan fingerprint density at radius 3 is 2.44 bits per heavy atom. The molecule has 0 N–H and O–H groups in total. The summed E-state index contributed by atoms with van der Waals surface area (Å²) in [6.45, 7) is 3.33. The van der Waals surface area contributed by atoms with Crippen LogP contribution >= 0.6 is 0 Å². The van der Waals surface area contributed by atoms with Gasteiger partial charge in [0.1, 0.15) is 0 Å². The van der Waals surface area contributed by atoms with Crippen molar-refractivity contribution in [3.8, 4) is 11.3 Å². The first-order chi connectivity index (χ1) is 13.1. The fraction of sp³-hybridized carbons (Fsp3) is 0.609. The third-order valence-corrected chi connectivity index (χ3v) is 6.54. The van der Waals surface area contributed by atoms with Crippen LogP contribution < -0.4 is 0 Å². The van der Waals surface area contributed by atoms with Gasteiger partial charge < -0.3 is 4.90 Å². The van der Waals surface area contributed by atoms with Gasteiger partial charge in [-0.25, -0.2) is 0 Å². The largest absolute Gasteiger partial charge is 0.305 e. The molecule has 1 aliphatic carbocycles. The number of hydrogen-bond donors (Lipinski definition) is 0. The van der Waals surface area contributed by atoms with Crippen LogP contribution in [0.3, 0.4) is 0 Å². The van der Waals surface area contributed by atoms with Crippen molar-refractivity contribution in [1.29, 1.82) is 0 Å². The molecular weight excluding hydrogens is 332 g/mol. The number of nitrogens with zero attached hydrogens (tertiary/aromatic N) is 4. The highest BCUT2D eigenvalue weighted by molar-refractivity contribution is 5.63. The van der Waals surface area contributed by atoms with Crippen molar-refractivity contribution < 1.29 is 0 Å². The van der Waals surface area contributed by atoms with E-state index < -0.39 is 0 Å². The lowest BCUT2D eigenvalue weighted by atomic mass is 9.84. The second-order valence-corrected chi connectivity index (χ2v) is 8.77. The summed E-state index contributed by atoms with van der Waals surface area (Å²) in [6.07, 6.45) is 10.4. The van der Waals surface area contributed by atoms with Crippen LogP contribution in [0.2, 0.25) is 0 Å². The van der Waals surface area contributed by atoms with Gasteiger partial charge in [-0.05, 0) is 44.8 Å². The molecule has 0 amide bonds. The molecule has 2 aromatic rings. The van der Waals surface area contributed by atoms with Crippen LogP contribution in [0.25, 0.3) is 11.3 Å². The molecule has 1 aromatic heterocycles. The van der Waals surface area contributed by atoms with E-state index in [1.54, 1.807) is 0 Å². The molecule has 4 nitrogen and oxygen atoms in total. The van der Waals surface area contributed by atoms with E-state index in [4.69, 9.17) is 5.10 Å². The van der Waals surface area contributed by atoms with Crippen molar-refractivity contribution in [3.05, 3.63) is 41.6 Å². The molecule has 1 aromatic carbocycles. The van der Waals surface area contributed by atoms with Gasteiger partial charge >= 0.3 is 0 Å². The van der Waals surface area contributed by atoms with Gasteiger partial charge in [-0.15, -0.1) is 0 Å². The van der Waals surface area contributed by atoms with E-state index in [1.807, 2.05) is 11.7 Å². The molecular formula is C23H34N4. The zero-order valence-corrected chi connectivity index (χ0v) is 17.2. The van der Waals surface area contributed by atoms with Crippen molar-refractivity contribution in [2.75, 3.05) is 27.2 Å². The molecule has 0 bridgehead atoms. The van der Waals surface area contributed by atoms with Crippen LogP contribution in [0, 0.1) is 0 Å². The number of aryl methyl sites for hydroxylation is 1. The molecule has 2 aliphatic rings. The minimum Gasteiger partial charge on any atom is -0.305 e. The summed E-state index contributed by atoms with van der Waals surface area (Å²) in [5, 5.41) is 4.80. The molecule has 0 unspecified atom stereocenters. The Morgan fingerprint density at radius 1 is 1.04 bits per heavy atom. The third-order valence-electron chi connectivity index (χ3n) is 6.54. The average molecular weight is 367 g/mol. The van der Waals surface area contributed by atoms with Gasteiger partial charge in [-0.2, -0.15) is 5.10 Å². The van der Waals surface area contributed by atoms with Crippen molar-refractivity contribution >= 4 is 0 Å². The lowest BCUT2D eigenvalue weighted by Gasteiger charge is -2.22. The fourth-order valence-corrected chi connectivity index (χ4v) is 4.86. The zero-order chi connectivity index (χ0) is 18.8. The third kappa shape index (κ3) is 4.27. The van der Waals surface area contributed by atoms with Gasteiger partial charge in [-0.1, -0.05) is 43.5 Å². The van der Waals surface area contributed by atoms with Crippen molar-refractivity contribution in [1.82, 2.24) is 19.6 Å². The van der Waals surface area contributed by atoms with Gasteiger partial charge in [0.25, 0.3) is 0 Å². The molecule has 1 aliphatic heterocycles. The van der Waals surface area contributed by atoms with E-state index >= 15 is 0 Å². The molecule has 2 fully saturated rings. The van der Waals surface area contributed by atoms with Crippen LogP contribution in [0.5, 0.6) is 0 Å². The standard InChI is InChI=1S/C23H34N4/c1-25(2)22-13-14-27(17-22)16-21-15-26(3)24-23(21)20-11-9-19(10-12-20)18-7-5-4-6-8-18/h9-12,15,18,22H,4-8,13-14,16-17H2,1-3H3/t22-/m0/s1. The highest BCUT2D eigenvalue weighted by Gasteiger charge is 2.25. The maximum atomic E-state index is 4.80. The van der Waals surface area contributed by atoms with E-state index in [-0.39, 0.29) is 0 Å². The molecule has 4 heteroatoms. The maximum Gasteiger partial charge on any atom is 0.0968 e. The van der Waals surface area contributed by atoms with Crippen LogP contribution in [0.4, 0.5) is 0 Å². The topological polar surface area (TPSA) is 24.3 Å². The van der Waals surface area contributed by atoms with Crippen LogP contribution in [-0.2, 0) is 13.6 Å². The first-order valence-electron chi connectivity index (χ1n) is 10.6. The average Bonchev–Trinajstić information content (AvgIpc) is 3.30. The van der Waals surface area contributed by atoms with E-state index in [1.165, 1.54) is 61.8 Å². The number of likely N-dealkylation sites (N-methyl/N-ethyl adjacent to an activating group) is 1. The Labute approximate surface area is 164 Å². The lowest BCUT2D eigenvalue weighted by molar-refractivity contribution is 0.265. The molecule has 1 atom stereocenters. The predicted octanol–water partition coefficient (Wildman–Crippen LogP) is 4.27. The SMILES string of the molecule is CN(C)[C@H]1CCN(Cc2cn(C)nc2-c2ccc(C3CCCCC3)cc2)C1. The predicted molar refractivity (Wildman–Crippen MR) is 112 cm³/mol. The van der Waals surface area contributed by atoms with Gasteiger partial charge in [0.2, 0.25) is 0 Å². The second kappa shape index (κ2) is 8.15. The Bertz CT molecular complexity index is 740. The minimum absolute atomic E-state index is 0.680. The van der Waals surface area contributed by atoms with Crippen molar-refractivity contribution in [2.45, 2.75) is 57.0 Å². The molecule has 2 heterocycles. The number of rotatable bonds is 5. The summed E-state index contributed by atoms with van der Waals surface area (Å²) in [5.41, 5.74) is 5.28. The van der Waals surface area contributed by atoms with Gasteiger partial charge in [0.05, 0.1) is 5.69 Å². The summed E-state index contributed by atoms with van der Waals surface area (Å²) < 4.78 is 1.97.